The van der Waals surface area contributed by atoms with Gasteiger partial charge in [-0.15, -0.1) is 0 Å². The Bertz CT molecular complexity index is 148. The van der Waals surface area contributed by atoms with Crippen LogP contribution >= 0.6 is 0 Å². The van der Waals surface area contributed by atoms with Gasteiger partial charge in [-0.2, -0.15) is 0 Å². The molecule has 0 aliphatic carbocycles. The van der Waals surface area contributed by atoms with E-state index in [1.165, 1.54) is 0 Å². The molecule has 80 valence electrons. The van der Waals surface area contributed by atoms with Crippen LogP contribution in [0.5, 0.6) is 0 Å². The number of aliphatic hydroxyl groups is 1. The zero-order chi connectivity index (χ0) is 10.9. The maximum absolute atomic E-state index is 10.6. The molecule has 13 heavy (non-hydrogen) atoms. The van der Waals surface area contributed by atoms with Crippen LogP contribution in [0.2, 0.25) is 0 Å². The molecule has 0 aliphatic heterocycles. The molecule has 0 saturated carbocycles. The molecule has 0 aliphatic rings. The first-order valence-corrected chi connectivity index (χ1v) is 5.34. The van der Waals surface area contributed by atoms with Gasteiger partial charge in [0.25, 0.3) is 0 Å². The molecule has 0 saturated heterocycles. The predicted molar refractivity (Wildman–Crippen MR) is 58.8 cm³/mol. The molecule has 1 N–H and O–H groups in total. The lowest BCUT2D eigenvalue weighted by molar-refractivity contribution is -0.139. The maximum Gasteiger partial charge on any atom is 0.0720 e. The second-order valence-corrected chi connectivity index (χ2v) is 5.55. The summed E-state index contributed by atoms with van der Waals surface area (Å²) in [5, 5.41) is 10.6. The third-order valence-electron chi connectivity index (χ3n) is 4.40. The van der Waals surface area contributed by atoms with Crippen LogP contribution in [0.3, 0.4) is 0 Å². The van der Waals surface area contributed by atoms with Gasteiger partial charge < -0.3 is 5.11 Å². The third-order valence-corrected chi connectivity index (χ3v) is 4.40. The third kappa shape index (κ3) is 2.07. The Labute approximate surface area is 83.5 Å². The highest BCUT2D eigenvalue weighted by molar-refractivity contribution is 4.98. The van der Waals surface area contributed by atoms with Crippen molar-refractivity contribution in [3.8, 4) is 0 Å². The second kappa shape index (κ2) is 3.61. The second-order valence-electron chi connectivity index (χ2n) is 5.55. The highest BCUT2D eigenvalue weighted by atomic mass is 16.3. The molecule has 0 unspecified atom stereocenters. The van der Waals surface area contributed by atoms with E-state index in [2.05, 4.69) is 41.5 Å². The van der Waals surface area contributed by atoms with Gasteiger partial charge >= 0.3 is 0 Å². The van der Waals surface area contributed by atoms with Crippen molar-refractivity contribution in [2.75, 3.05) is 0 Å². The van der Waals surface area contributed by atoms with Crippen molar-refractivity contribution < 1.29 is 5.11 Å². The summed E-state index contributed by atoms with van der Waals surface area (Å²) in [6.07, 6.45) is 2.01. The van der Waals surface area contributed by atoms with E-state index in [0.29, 0.717) is 0 Å². The van der Waals surface area contributed by atoms with Crippen molar-refractivity contribution in [3.05, 3.63) is 0 Å². The Morgan fingerprint density at radius 1 is 0.769 bits per heavy atom. The summed E-state index contributed by atoms with van der Waals surface area (Å²) in [7, 11) is 0. The van der Waals surface area contributed by atoms with Gasteiger partial charge in [-0.3, -0.25) is 0 Å². The van der Waals surface area contributed by atoms with Crippen LogP contribution < -0.4 is 0 Å². The molecule has 0 aromatic carbocycles. The van der Waals surface area contributed by atoms with E-state index in [4.69, 9.17) is 0 Å². The Kier molecular flexibility index (Phi) is 3.59. The van der Waals surface area contributed by atoms with Gasteiger partial charge in [0, 0.05) is 0 Å². The SMILES string of the molecule is CCC(C)(C)C(C)(O)C(C)(C)CC. The van der Waals surface area contributed by atoms with Crippen molar-refractivity contribution in [2.45, 2.75) is 66.9 Å². The molecule has 0 heterocycles. The lowest BCUT2D eigenvalue weighted by atomic mass is 9.60. The number of hydrogen-bond donors (Lipinski definition) is 1. The summed E-state index contributed by atoms with van der Waals surface area (Å²) in [4.78, 5) is 0. The van der Waals surface area contributed by atoms with Crippen molar-refractivity contribution in [1.82, 2.24) is 0 Å². The Balaban J connectivity index is 4.95. The molecule has 0 bridgehead atoms. The van der Waals surface area contributed by atoms with E-state index in [0.717, 1.165) is 12.8 Å². The van der Waals surface area contributed by atoms with Crippen molar-refractivity contribution in [3.63, 3.8) is 0 Å². The van der Waals surface area contributed by atoms with Gasteiger partial charge in [-0.25, -0.2) is 0 Å². The highest BCUT2D eigenvalue weighted by Gasteiger charge is 2.48. The standard InChI is InChI=1S/C12H26O/c1-8-10(3,4)12(7,13)11(5,6)9-2/h13H,8-9H2,1-7H3. The summed E-state index contributed by atoms with van der Waals surface area (Å²) in [6.45, 7) is 14.8. The molecule has 0 aromatic heterocycles. The maximum atomic E-state index is 10.6. The monoisotopic (exact) mass is 186 g/mol. The van der Waals surface area contributed by atoms with Crippen LogP contribution in [0.4, 0.5) is 0 Å². The zero-order valence-electron chi connectivity index (χ0n) is 10.4. The molecule has 0 radical (unpaired) electrons. The largest absolute Gasteiger partial charge is 0.389 e. The molecular weight excluding hydrogens is 160 g/mol. The van der Waals surface area contributed by atoms with Gasteiger partial charge in [0.2, 0.25) is 0 Å². The zero-order valence-corrected chi connectivity index (χ0v) is 10.4. The fourth-order valence-electron chi connectivity index (χ4n) is 1.60. The average molecular weight is 186 g/mol. The molecular formula is C12H26O. The van der Waals surface area contributed by atoms with Gasteiger partial charge in [-0.05, 0) is 30.6 Å². The van der Waals surface area contributed by atoms with Crippen molar-refractivity contribution in [1.29, 1.82) is 0 Å². The van der Waals surface area contributed by atoms with Gasteiger partial charge in [0.05, 0.1) is 5.60 Å². The van der Waals surface area contributed by atoms with E-state index in [-0.39, 0.29) is 10.8 Å². The van der Waals surface area contributed by atoms with Crippen LogP contribution in [0.15, 0.2) is 0 Å². The molecule has 0 rings (SSSR count). The Morgan fingerprint density at radius 2 is 1.00 bits per heavy atom. The van der Waals surface area contributed by atoms with Crippen LogP contribution in [0.25, 0.3) is 0 Å². The summed E-state index contributed by atoms with van der Waals surface area (Å²) in [5.74, 6) is 0. The first-order valence-electron chi connectivity index (χ1n) is 5.34. The minimum atomic E-state index is -0.608. The molecule has 0 spiro atoms. The van der Waals surface area contributed by atoms with Crippen molar-refractivity contribution in [2.24, 2.45) is 10.8 Å². The van der Waals surface area contributed by atoms with E-state index >= 15 is 0 Å². The Hall–Kier alpha value is -0.0400. The van der Waals surface area contributed by atoms with E-state index < -0.39 is 5.60 Å². The first kappa shape index (κ1) is 13.0. The molecule has 0 fully saturated rings. The van der Waals surface area contributed by atoms with Crippen molar-refractivity contribution >= 4 is 0 Å². The summed E-state index contributed by atoms with van der Waals surface area (Å²) < 4.78 is 0. The highest BCUT2D eigenvalue weighted by Crippen LogP contribution is 2.47. The molecule has 1 nitrogen and oxygen atoms in total. The normalized spacial score (nSPS) is 14.8. The molecule has 0 atom stereocenters. The van der Waals surface area contributed by atoms with Gasteiger partial charge in [0.15, 0.2) is 0 Å². The topological polar surface area (TPSA) is 20.2 Å². The molecule has 0 amide bonds. The van der Waals surface area contributed by atoms with E-state index in [1.807, 2.05) is 6.92 Å². The fourth-order valence-corrected chi connectivity index (χ4v) is 1.60. The van der Waals surface area contributed by atoms with Gasteiger partial charge in [0.1, 0.15) is 0 Å². The quantitative estimate of drug-likeness (QED) is 0.711. The van der Waals surface area contributed by atoms with Crippen LogP contribution in [0.1, 0.15) is 61.3 Å². The number of rotatable bonds is 4. The summed E-state index contributed by atoms with van der Waals surface area (Å²) >= 11 is 0. The predicted octanol–water partition coefficient (Wildman–Crippen LogP) is 3.61. The summed E-state index contributed by atoms with van der Waals surface area (Å²) in [5.41, 5.74) is -0.650. The smallest absolute Gasteiger partial charge is 0.0720 e. The first-order chi connectivity index (χ1) is 5.62. The lowest BCUT2D eigenvalue weighted by Gasteiger charge is -2.50. The minimum Gasteiger partial charge on any atom is -0.389 e. The van der Waals surface area contributed by atoms with E-state index in [1.54, 1.807) is 0 Å². The Morgan fingerprint density at radius 3 is 1.15 bits per heavy atom. The van der Waals surface area contributed by atoms with Crippen LogP contribution in [0, 0.1) is 10.8 Å². The fraction of sp³-hybridized carbons (Fsp3) is 1.00. The molecule has 1 heteroatoms. The minimum absolute atomic E-state index is 0.0213. The van der Waals surface area contributed by atoms with Gasteiger partial charge in [-0.1, -0.05) is 41.5 Å². The van der Waals surface area contributed by atoms with Crippen LogP contribution in [-0.4, -0.2) is 10.7 Å². The lowest BCUT2D eigenvalue weighted by Crippen LogP contribution is -2.52. The van der Waals surface area contributed by atoms with E-state index in [9.17, 15) is 5.11 Å². The summed E-state index contributed by atoms with van der Waals surface area (Å²) in [6, 6.07) is 0. The molecule has 0 aromatic rings. The average Bonchev–Trinajstić information content (AvgIpc) is 2.03. The number of hydrogen-bond acceptors (Lipinski definition) is 1. The van der Waals surface area contributed by atoms with Crippen LogP contribution in [-0.2, 0) is 0 Å².